The lowest BCUT2D eigenvalue weighted by molar-refractivity contribution is 3.83. The highest BCUT2D eigenvalue weighted by atomic mass is 127. The third-order valence-corrected chi connectivity index (χ3v) is 2.75. The predicted molar refractivity (Wildman–Crippen MR) is 86.9 cm³/mol. The lowest BCUT2D eigenvalue weighted by Crippen LogP contribution is -2.30. The fourth-order valence-electron chi connectivity index (χ4n) is 1.23. The van der Waals surface area contributed by atoms with Gasteiger partial charge in [-0.2, -0.15) is 22.4 Å². The number of hydrogen-bond acceptors (Lipinski definition) is 0. The fraction of sp³-hybridized carbons (Fsp3) is 0. The second kappa shape index (κ2) is 11.4. The highest BCUT2D eigenvalue weighted by Crippen LogP contribution is 1.68. The van der Waals surface area contributed by atoms with Crippen LogP contribution in [0.4, 0.5) is 0 Å². The zero-order chi connectivity index (χ0) is 8.36. The van der Waals surface area contributed by atoms with Crippen LogP contribution in [0.1, 0.15) is 0 Å². The molecule has 0 amide bonds. The summed E-state index contributed by atoms with van der Waals surface area (Å²) in [5.41, 5.74) is 0. The number of rotatable bonds is 8. The molecule has 0 aliphatic rings. The largest absolute Gasteiger partial charge is 0.167 e. The summed E-state index contributed by atoms with van der Waals surface area (Å²) >= 11 is 2.46. The SMILES string of the molecule is BBBBBBBBBBI. The Balaban J connectivity index is 2.69. The van der Waals surface area contributed by atoms with Crippen molar-refractivity contribution in [1.29, 1.82) is 0 Å². The molecule has 0 aliphatic carbocycles. The van der Waals surface area contributed by atoms with Crippen molar-refractivity contribution in [3.63, 3.8) is 0 Å². The van der Waals surface area contributed by atoms with E-state index in [1.807, 2.05) is 0 Å². The Bertz CT molecular complexity index is 53.9. The lowest BCUT2D eigenvalue weighted by Gasteiger charge is -1.89. The quantitative estimate of drug-likeness (QED) is 0.227. The van der Waals surface area contributed by atoms with Gasteiger partial charge in [-0.1, -0.05) is 0 Å². The van der Waals surface area contributed by atoms with Gasteiger partial charge in [0.15, 0.2) is 5.03 Å². The summed E-state index contributed by atoms with van der Waals surface area (Å²) < 4.78 is 0. The van der Waals surface area contributed by atoms with Crippen LogP contribution in [0.5, 0.6) is 0 Å². The van der Waals surface area contributed by atoms with E-state index in [4.69, 9.17) is 0 Å². The summed E-state index contributed by atoms with van der Waals surface area (Å²) in [5.74, 6) is 0. The van der Waals surface area contributed by atoms with E-state index in [1.165, 1.54) is 61.5 Å². The molecule has 0 atom stereocenters. The van der Waals surface area contributed by atoms with Crippen molar-refractivity contribution in [3.05, 3.63) is 0 Å². The van der Waals surface area contributed by atoms with Crippen LogP contribution in [0.15, 0.2) is 0 Å². The first-order valence-electron chi connectivity index (χ1n) is 4.97. The average Bonchev–Trinajstić information content (AvgIpc) is 2.03. The Kier molecular flexibility index (Phi) is 12.8. The molecule has 11 heavy (non-hydrogen) atoms. The predicted octanol–water partition coefficient (Wildman–Crippen LogP) is -5.87. The molecule has 0 aromatic rings. The third kappa shape index (κ3) is 11.4. The first kappa shape index (κ1) is 12.4. The van der Waals surface area contributed by atoms with Gasteiger partial charge in [0.1, 0.15) is 0 Å². The molecule has 0 aromatic carbocycles. The van der Waals surface area contributed by atoms with Gasteiger partial charge in [0, 0.05) is 49.4 Å². The zero-order valence-electron chi connectivity index (χ0n) is 7.74. The standard InChI is InChI=1S/B10H11I/c1-2-3-4-5-6-7-8-9-10-11/h2-10H,1H2. The van der Waals surface area contributed by atoms with Crippen molar-refractivity contribution in [3.8, 4) is 0 Å². The summed E-state index contributed by atoms with van der Waals surface area (Å²) in [7, 11) is 13.8. The minimum atomic E-state index is 1.34. The second-order valence-corrected chi connectivity index (χ2v) is 4.24. The summed E-state index contributed by atoms with van der Waals surface area (Å²) in [6, 6.07) is 0. The van der Waals surface area contributed by atoms with E-state index >= 15 is 0 Å². The molecule has 0 aliphatic heterocycles. The second-order valence-electron chi connectivity index (χ2n) is 3.16. The molecule has 0 rings (SSSR count). The van der Waals surface area contributed by atoms with Crippen LogP contribution < -0.4 is 0 Å². The third-order valence-electron chi connectivity index (χ3n) is 1.99. The molecule has 0 aromatic heterocycles. The van der Waals surface area contributed by atoms with E-state index < -0.39 is 0 Å². The van der Waals surface area contributed by atoms with E-state index in [9.17, 15) is 0 Å². The molecule has 0 unspecified atom stereocenters. The first-order valence-corrected chi connectivity index (χ1v) is 6.50. The van der Waals surface area contributed by atoms with Gasteiger partial charge in [-0.3, -0.25) is 0 Å². The Morgan fingerprint density at radius 1 is 0.727 bits per heavy atom. The van der Waals surface area contributed by atoms with Gasteiger partial charge in [-0.15, -0.1) is 0 Å². The number of halogens is 1. The van der Waals surface area contributed by atoms with Gasteiger partial charge in [0.2, 0.25) is 0 Å². The van der Waals surface area contributed by atoms with Crippen LogP contribution in [0.2, 0.25) is 0 Å². The van der Waals surface area contributed by atoms with E-state index in [0.717, 1.165) is 0 Å². The Hall–Kier alpha value is 1.38. The Morgan fingerprint density at radius 3 is 1.64 bits per heavy atom. The van der Waals surface area contributed by atoms with Crippen molar-refractivity contribution in [2.45, 2.75) is 0 Å². The van der Waals surface area contributed by atoms with Gasteiger partial charge in [0.25, 0.3) is 0 Å². The highest BCUT2D eigenvalue weighted by molar-refractivity contribution is 14.1. The topological polar surface area (TPSA) is 0 Å². The van der Waals surface area contributed by atoms with E-state index in [1.54, 1.807) is 0 Å². The van der Waals surface area contributed by atoms with Crippen molar-refractivity contribution in [2.24, 2.45) is 0 Å². The van der Waals surface area contributed by atoms with Crippen LogP contribution in [0.25, 0.3) is 0 Å². The molecule has 0 fully saturated rings. The molecule has 0 radical (unpaired) electrons. The van der Waals surface area contributed by atoms with Gasteiger partial charge in [-0.05, 0) is 0 Å². The normalized spacial score (nSPS) is 7.00. The molecule has 0 nitrogen and oxygen atoms in total. The molecule has 0 spiro atoms. The van der Waals surface area contributed by atoms with E-state index in [2.05, 4.69) is 30.1 Å². The minimum absolute atomic E-state index is 1.34. The summed E-state index contributed by atoms with van der Waals surface area (Å²) in [6.07, 6.45) is 0. The van der Waals surface area contributed by atoms with Crippen LogP contribution in [-0.4, -0.2) is 69.3 Å². The molecular weight excluding hydrogens is 235 g/mol. The first-order chi connectivity index (χ1) is 5.41. The van der Waals surface area contributed by atoms with Crippen molar-refractivity contribution < 1.29 is 0 Å². The molecule has 0 N–H and O–H groups in total. The maximum atomic E-state index is 2.46. The molecule has 0 bridgehead atoms. The maximum Gasteiger partial charge on any atom is 0.155 e. The van der Waals surface area contributed by atoms with Crippen molar-refractivity contribution in [1.82, 2.24) is 0 Å². The average molecular weight is 246 g/mol. The van der Waals surface area contributed by atoms with E-state index in [-0.39, 0.29) is 0 Å². The highest BCUT2D eigenvalue weighted by Gasteiger charge is 1.98. The van der Waals surface area contributed by atoms with Crippen molar-refractivity contribution >= 4 is 91.6 Å². The molecule has 0 saturated carbocycles. The van der Waals surface area contributed by atoms with Crippen LogP contribution in [0, 0.1) is 0 Å². The summed E-state index contributed by atoms with van der Waals surface area (Å²) in [4.78, 5) is 0. The molecule has 0 heterocycles. The Morgan fingerprint density at radius 2 is 1.18 bits per heavy atom. The van der Waals surface area contributed by atoms with Gasteiger partial charge < -0.3 is 0 Å². The van der Waals surface area contributed by atoms with Gasteiger partial charge in [-0.25, -0.2) is 0 Å². The maximum absolute atomic E-state index is 2.46. The van der Waals surface area contributed by atoms with Crippen molar-refractivity contribution in [2.75, 3.05) is 0 Å². The molecule has 11 heteroatoms. The summed E-state index contributed by atoms with van der Waals surface area (Å²) in [5, 5.41) is 1.34. The van der Waals surface area contributed by atoms with Gasteiger partial charge >= 0.3 is 0 Å². The minimum Gasteiger partial charge on any atom is -0.167 e. The molecule has 48 valence electrons. The zero-order valence-corrected chi connectivity index (χ0v) is 9.90. The summed E-state index contributed by atoms with van der Waals surface area (Å²) in [6.45, 7) is 0. The van der Waals surface area contributed by atoms with Crippen LogP contribution in [0.3, 0.4) is 0 Å². The lowest BCUT2D eigenvalue weighted by atomic mass is 8.89. The number of hydrogen-bond donors (Lipinski definition) is 0. The molecular formula is H11B10I. The van der Waals surface area contributed by atoms with Crippen LogP contribution in [-0.2, 0) is 0 Å². The smallest absolute Gasteiger partial charge is 0.155 e. The van der Waals surface area contributed by atoms with Gasteiger partial charge in [0.05, 0.1) is 14.8 Å². The van der Waals surface area contributed by atoms with E-state index in [0.29, 0.717) is 0 Å². The molecule has 0 saturated heterocycles. The monoisotopic (exact) mass is 248 g/mol. The Labute approximate surface area is 91.3 Å². The fourth-order valence-corrected chi connectivity index (χ4v) is 1.77. The van der Waals surface area contributed by atoms with Crippen LogP contribution >= 0.6 is 22.4 Å².